The molecule has 0 aliphatic heterocycles. The van der Waals surface area contributed by atoms with Crippen molar-refractivity contribution in [2.24, 2.45) is 0 Å². The smallest absolute Gasteiger partial charge is 0.251 e. The van der Waals surface area contributed by atoms with Gasteiger partial charge in [-0.05, 0) is 72.6 Å². The topological polar surface area (TPSA) is 54.3 Å². The molecular weight excluding hydrogens is 332 g/mol. The summed E-state index contributed by atoms with van der Waals surface area (Å²) >= 11 is 3.30. The van der Waals surface area contributed by atoms with E-state index >= 15 is 0 Å². The van der Waals surface area contributed by atoms with Crippen LogP contribution in [0.3, 0.4) is 0 Å². The zero-order valence-electron chi connectivity index (χ0n) is 12.4. The highest BCUT2D eigenvalue weighted by atomic mass is 79.9. The van der Waals surface area contributed by atoms with Crippen LogP contribution >= 0.6 is 15.9 Å². The second-order valence-corrected chi connectivity index (χ2v) is 5.68. The average molecular weight is 351 g/mol. The molecule has 0 spiro atoms. The van der Waals surface area contributed by atoms with Crippen LogP contribution in [0.5, 0.6) is 0 Å². The SMILES string of the molecule is CCNC(=O)c1ccc(NC(C)c2ccc(Br)o2)c(C)c1. The molecule has 0 bridgehead atoms. The van der Waals surface area contributed by atoms with Crippen LogP contribution in [0.4, 0.5) is 5.69 Å². The number of aryl methyl sites for hydroxylation is 1. The predicted molar refractivity (Wildman–Crippen MR) is 87.6 cm³/mol. The number of benzene rings is 1. The van der Waals surface area contributed by atoms with Gasteiger partial charge in [0.2, 0.25) is 0 Å². The van der Waals surface area contributed by atoms with E-state index < -0.39 is 0 Å². The minimum atomic E-state index is -0.0461. The fourth-order valence-corrected chi connectivity index (χ4v) is 2.41. The number of rotatable bonds is 5. The Morgan fingerprint density at radius 2 is 2.10 bits per heavy atom. The zero-order valence-corrected chi connectivity index (χ0v) is 14.0. The molecule has 1 aromatic heterocycles. The number of halogens is 1. The maximum atomic E-state index is 11.8. The molecule has 2 N–H and O–H groups in total. The van der Waals surface area contributed by atoms with Gasteiger partial charge in [-0.1, -0.05) is 0 Å². The lowest BCUT2D eigenvalue weighted by molar-refractivity contribution is 0.0956. The number of nitrogens with one attached hydrogen (secondary N) is 2. The number of carbonyl (C=O) groups excluding carboxylic acids is 1. The summed E-state index contributed by atoms with van der Waals surface area (Å²) in [6, 6.07) is 9.49. The molecule has 5 heteroatoms. The van der Waals surface area contributed by atoms with E-state index in [9.17, 15) is 4.79 Å². The number of furan rings is 1. The van der Waals surface area contributed by atoms with Gasteiger partial charge in [0.25, 0.3) is 5.91 Å². The summed E-state index contributed by atoms with van der Waals surface area (Å²) < 4.78 is 6.26. The maximum absolute atomic E-state index is 11.8. The number of hydrogen-bond donors (Lipinski definition) is 2. The summed E-state index contributed by atoms with van der Waals surface area (Å²) in [6.45, 7) is 6.55. The summed E-state index contributed by atoms with van der Waals surface area (Å²) in [5, 5.41) is 6.19. The Kier molecular flexibility index (Phi) is 5.07. The summed E-state index contributed by atoms with van der Waals surface area (Å²) in [5.74, 6) is 0.809. The first kappa shape index (κ1) is 15.6. The van der Waals surface area contributed by atoms with E-state index in [4.69, 9.17) is 4.42 Å². The Labute approximate surface area is 133 Å². The third-order valence-corrected chi connectivity index (χ3v) is 3.64. The third-order valence-electron chi connectivity index (χ3n) is 3.22. The molecule has 0 fully saturated rings. The van der Waals surface area contributed by atoms with Gasteiger partial charge in [0.1, 0.15) is 5.76 Å². The van der Waals surface area contributed by atoms with Crippen LogP contribution in [-0.4, -0.2) is 12.5 Å². The highest BCUT2D eigenvalue weighted by Gasteiger charge is 2.12. The highest BCUT2D eigenvalue weighted by Crippen LogP contribution is 2.25. The molecule has 21 heavy (non-hydrogen) atoms. The zero-order chi connectivity index (χ0) is 15.4. The Morgan fingerprint density at radius 1 is 1.33 bits per heavy atom. The molecule has 0 aliphatic carbocycles. The summed E-state index contributed by atoms with van der Waals surface area (Å²) in [6.07, 6.45) is 0. The van der Waals surface area contributed by atoms with Gasteiger partial charge in [-0.3, -0.25) is 4.79 Å². The van der Waals surface area contributed by atoms with Crippen LogP contribution < -0.4 is 10.6 Å². The van der Waals surface area contributed by atoms with Gasteiger partial charge in [0, 0.05) is 17.8 Å². The predicted octanol–water partition coefficient (Wildman–Crippen LogP) is 4.27. The molecule has 0 saturated carbocycles. The largest absolute Gasteiger partial charge is 0.452 e. The molecule has 1 heterocycles. The van der Waals surface area contributed by atoms with Gasteiger partial charge in [0.05, 0.1) is 6.04 Å². The summed E-state index contributed by atoms with van der Waals surface area (Å²) in [5.41, 5.74) is 2.69. The van der Waals surface area contributed by atoms with Gasteiger partial charge < -0.3 is 15.1 Å². The van der Waals surface area contributed by atoms with E-state index in [1.54, 1.807) is 0 Å². The van der Waals surface area contributed by atoms with Gasteiger partial charge in [-0.25, -0.2) is 0 Å². The molecule has 0 saturated heterocycles. The van der Waals surface area contributed by atoms with Crippen LogP contribution in [0.2, 0.25) is 0 Å². The monoisotopic (exact) mass is 350 g/mol. The standard InChI is InChI=1S/C16H19BrN2O2/c1-4-18-16(20)12-5-6-13(10(2)9-12)19-11(3)14-7-8-15(17)21-14/h5-9,11,19H,4H2,1-3H3,(H,18,20). The quantitative estimate of drug-likeness (QED) is 0.846. The minimum Gasteiger partial charge on any atom is -0.452 e. The molecule has 0 aliphatic rings. The molecule has 1 atom stereocenters. The first-order chi connectivity index (χ1) is 10.0. The van der Waals surface area contributed by atoms with Crippen molar-refractivity contribution in [1.29, 1.82) is 0 Å². The van der Waals surface area contributed by atoms with Gasteiger partial charge in [-0.2, -0.15) is 0 Å². The number of anilines is 1. The molecule has 2 aromatic rings. The lowest BCUT2D eigenvalue weighted by Gasteiger charge is -2.16. The molecular formula is C16H19BrN2O2. The van der Waals surface area contributed by atoms with Crippen molar-refractivity contribution in [2.45, 2.75) is 26.8 Å². The number of hydrogen-bond acceptors (Lipinski definition) is 3. The van der Waals surface area contributed by atoms with Crippen molar-refractivity contribution in [3.8, 4) is 0 Å². The summed E-state index contributed by atoms with van der Waals surface area (Å²) in [4.78, 5) is 11.8. The van der Waals surface area contributed by atoms with Crippen molar-refractivity contribution in [2.75, 3.05) is 11.9 Å². The first-order valence-electron chi connectivity index (χ1n) is 6.92. The second kappa shape index (κ2) is 6.80. The Balaban J connectivity index is 2.12. The van der Waals surface area contributed by atoms with Gasteiger partial charge in [-0.15, -0.1) is 0 Å². The van der Waals surface area contributed by atoms with Crippen LogP contribution in [0.15, 0.2) is 39.4 Å². The lowest BCUT2D eigenvalue weighted by atomic mass is 10.1. The molecule has 1 amide bonds. The Morgan fingerprint density at radius 3 is 2.67 bits per heavy atom. The van der Waals surface area contributed by atoms with Crippen molar-refractivity contribution in [3.05, 3.63) is 51.9 Å². The Hall–Kier alpha value is -1.75. The molecule has 4 nitrogen and oxygen atoms in total. The third kappa shape index (κ3) is 3.88. The fraction of sp³-hybridized carbons (Fsp3) is 0.312. The van der Waals surface area contributed by atoms with E-state index in [0.717, 1.165) is 21.7 Å². The van der Waals surface area contributed by atoms with Gasteiger partial charge in [0.15, 0.2) is 4.67 Å². The highest BCUT2D eigenvalue weighted by molar-refractivity contribution is 9.10. The van der Waals surface area contributed by atoms with Crippen molar-refractivity contribution in [1.82, 2.24) is 5.32 Å². The molecule has 0 radical (unpaired) electrons. The van der Waals surface area contributed by atoms with Crippen molar-refractivity contribution in [3.63, 3.8) is 0 Å². The normalized spacial score (nSPS) is 12.0. The van der Waals surface area contributed by atoms with Crippen LogP contribution in [0.25, 0.3) is 0 Å². The minimum absolute atomic E-state index is 0.0461. The average Bonchev–Trinajstić information content (AvgIpc) is 2.88. The van der Waals surface area contributed by atoms with Crippen molar-refractivity contribution >= 4 is 27.5 Å². The molecule has 1 unspecified atom stereocenters. The van der Waals surface area contributed by atoms with E-state index in [1.807, 2.05) is 51.1 Å². The molecule has 2 rings (SSSR count). The first-order valence-corrected chi connectivity index (χ1v) is 7.71. The van der Waals surface area contributed by atoms with Crippen molar-refractivity contribution < 1.29 is 9.21 Å². The van der Waals surface area contributed by atoms with Crippen LogP contribution in [0, 0.1) is 6.92 Å². The molecule has 112 valence electrons. The fourth-order valence-electron chi connectivity index (χ4n) is 2.09. The number of carbonyl (C=O) groups is 1. The van der Waals surface area contributed by atoms with E-state index in [2.05, 4.69) is 26.6 Å². The van der Waals surface area contributed by atoms with Gasteiger partial charge >= 0.3 is 0 Å². The van der Waals surface area contributed by atoms with E-state index in [0.29, 0.717) is 12.1 Å². The maximum Gasteiger partial charge on any atom is 0.251 e. The Bertz CT molecular complexity index is 637. The number of amides is 1. The summed E-state index contributed by atoms with van der Waals surface area (Å²) in [7, 11) is 0. The van der Waals surface area contributed by atoms with Crippen LogP contribution in [0.1, 0.15) is 41.6 Å². The van der Waals surface area contributed by atoms with E-state index in [1.165, 1.54) is 0 Å². The van der Waals surface area contributed by atoms with E-state index in [-0.39, 0.29) is 11.9 Å². The second-order valence-electron chi connectivity index (χ2n) is 4.90. The lowest BCUT2D eigenvalue weighted by Crippen LogP contribution is -2.22. The molecule has 1 aromatic carbocycles. The van der Waals surface area contributed by atoms with Crippen LogP contribution in [-0.2, 0) is 0 Å².